The van der Waals surface area contributed by atoms with Crippen LogP contribution in [-0.2, 0) is 9.53 Å². The van der Waals surface area contributed by atoms with E-state index in [4.69, 9.17) is 4.74 Å². The molecule has 0 N–H and O–H groups in total. The third-order valence-corrected chi connectivity index (χ3v) is 2.53. The predicted octanol–water partition coefficient (Wildman–Crippen LogP) is 2.48. The fourth-order valence-electron chi connectivity index (χ4n) is 1.50. The lowest BCUT2D eigenvalue weighted by molar-refractivity contribution is -0.127. The van der Waals surface area contributed by atoms with Crippen LogP contribution in [0.1, 0.15) is 39.5 Å². The Bertz CT molecular complexity index is 208. The van der Waals surface area contributed by atoms with E-state index in [9.17, 15) is 4.79 Å². The Morgan fingerprint density at radius 3 is 2.54 bits per heavy atom. The molecule has 74 valence electrons. The molecule has 0 radical (unpaired) electrons. The molecule has 0 aromatic heterocycles. The van der Waals surface area contributed by atoms with Crippen LogP contribution in [0.15, 0.2) is 12.2 Å². The van der Waals surface area contributed by atoms with Gasteiger partial charge in [-0.2, -0.15) is 0 Å². The van der Waals surface area contributed by atoms with E-state index >= 15 is 0 Å². The van der Waals surface area contributed by atoms with Gasteiger partial charge in [-0.15, -0.1) is 0 Å². The van der Waals surface area contributed by atoms with E-state index < -0.39 is 0 Å². The second-order valence-corrected chi connectivity index (χ2v) is 4.23. The zero-order valence-corrected chi connectivity index (χ0v) is 8.56. The minimum atomic E-state index is -0.0904. The summed E-state index contributed by atoms with van der Waals surface area (Å²) in [7, 11) is 0. The van der Waals surface area contributed by atoms with Crippen LogP contribution in [0.25, 0.3) is 0 Å². The van der Waals surface area contributed by atoms with Crippen LogP contribution in [0, 0.1) is 0 Å². The van der Waals surface area contributed by atoms with E-state index in [0.717, 1.165) is 18.4 Å². The van der Waals surface area contributed by atoms with Crippen LogP contribution in [0.3, 0.4) is 0 Å². The van der Waals surface area contributed by atoms with Crippen molar-refractivity contribution in [3.63, 3.8) is 0 Å². The van der Waals surface area contributed by atoms with Crippen LogP contribution >= 0.6 is 0 Å². The molecule has 1 saturated carbocycles. The molecule has 0 spiro atoms. The maximum Gasteiger partial charge on any atom is 0.133 e. The summed E-state index contributed by atoms with van der Waals surface area (Å²) in [6.45, 7) is 8.45. The molecule has 0 aromatic rings. The highest BCUT2D eigenvalue weighted by molar-refractivity contribution is 5.79. The van der Waals surface area contributed by atoms with Gasteiger partial charge < -0.3 is 4.74 Å². The zero-order valence-electron chi connectivity index (χ0n) is 8.56. The van der Waals surface area contributed by atoms with Gasteiger partial charge in [-0.25, -0.2) is 0 Å². The van der Waals surface area contributed by atoms with Crippen LogP contribution in [0.5, 0.6) is 0 Å². The van der Waals surface area contributed by atoms with Gasteiger partial charge in [0.2, 0.25) is 0 Å². The molecular formula is C11H18O2. The summed E-state index contributed by atoms with van der Waals surface area (Å²) >= 11 is 0. The lowest BCUT2D eigenvalue weighted by Gasteiger charge is -2.33. The number of carbonyl (C=O) groups is 1. The SMILES string of the molecule is C=C(C)COC1(C)CCC(=O)CC1. The summed E-state index contributed by atoms with van der Waals surface area (Å²) in [5.41, 5.74) is 0.950. The smallest absolute Gasteiger partial charge is 0.133 e. The van der Waals surface area contributed by atoms with Gasteiger partial charge in [0, 0.05) is 12.8 Å². The summed E-state index contributed by atoms with van der Waals surface area (Å²) in [6, 6.07) is 0. The van der Waals surface area contributed by atoms with Gasteiger partial charge in [-0.1, -0.05) is 12.2 Å². The summed E-state index contributed by atoms with van der Waals surface area (Å²) < 4.78 is 5.73. The molecule has 0 amide bonds. The van der Waals surface area contributed by atoms with Gasteiger partial charge in [0.1, 0.15) is 5.78 Å². The molecule has 0 bridgehead atoms. The standard InChI is InChI=1S/C11H18O2/c1-9(2)8-13-11(3)6-4-10(12)5-7-11/h1,4-8H2,2-3H3. The van der Waals surface area contributed by atoms with Gasteiger partial charge in [-0.3, -0.25) is 4.79 Å². The average Bonchev–Trinajstić information content (AvgIpc) is 2.08. The Hall–Kier alpha value is -0.630. The maximum absolute atomic E-state index is 11.0. The lowest BCUT2D eigenvalue weighted by Crippen LogP contribution is -2.34. The van der Waals surface area contributed by atoms with Crippen LogP contribution in [-0.4, -0.2) is 18.0 Å². The van der Waals surface area contributed by atoms with E-state index in [0.29, 0.717) is 25.2 Å². The number of rotatable bonds is 3. The number of ketones is 1. The molecule has 1 aliphatic carbocycles. The van der Waals surface area contributed by atoms with Crippen molar-refractivity contribution in [3.05, 3.63) is 12.2 Å². The van der Waals surface area contributed by atoms with Crippen molar-refractivity contribution in [1.82, 2.24) is 0 Å². The number of hydrogen-bond acceptors (Lipinski definition) is 2. The van der Waals surface area contributed by atoms with Gasteiger partial charge >= 0.3 is 0 Å². The maximum atomic E-state index is 11.0. The van der Waals surface area contributed by atoms with Crippen molar-refractivity contribution in [2.45, 2.75) is 45.1 Å². The number of carbonyl (C=O) groups excluding carboxylic acids is 1. The first kappa shape index (κ1) is 10.5. The van der Waals surface area contributed by atoms with Gasteiger partial charge in [-0.05, 0) is 26.7 Å². The number of Topliss-reactive ketones (excluding diaryl/α,β-unsaturated/α-hetero) is 1. The Morgan fingerprint density at radius 2 is 2.08 bits per heavy atom. The van der Waals surface area contributed by atoms with Crippen molar-refractivity contribution >= 4 is 5.78 Å². The second-order valence-electron chi connectivity index (χ2n) is 4.23. The number of ether oxygens (including phenoxy) is 1. The molecule has 1 rings (SSSR count). The normalized spacial score (nSPS) is 21.5. The molecule has 0 saturated heterocycles. The topological polar surface area (TPSA) is 26.3 Å². The molecule has 0 aliphatic heterocycles. The fraction of sp³-hybridized carbons (Fsp3) is 0.727. The molecular weight excluding hydrogens is 164 g/mol. The monoisotopic (exact) mass is 182 g/mol. The first-order valence-electron chi connectivity index (χ1n) is 4.82. The third-order valence-electron chi connectivity index (χ3n) is 2.53. The van der Waals surface area contributed by atoms with Crippen LogP contribution < -0.4 is 0 Å². The molecule has 1 fully saturated rings. The molecule has 0 aromatic carbocycles. The first-order chi connectivity index (χ1) is 6.02. The highest BCUT2D eigenvalue weighted by Gasteiger charge is 2.30. The van der Waals surface area contributed by atoms with Crippen molar-refractivity contribution in [3.8, 4) is 0 Å². The quantitative estimate of drug-likeness (QED) is 0.627. The van der Waals surface area contributed by atoms with E-state index in [2.05, 4.69) is 13.5 Å². The summed E-state index contributed by atoms with van der Waals surface area (Å²) in [5.74, 6) is 0.372. The van der Waals surface area contributed by atoms with E-state index in [1.807, 2.05) is 6.92 Å². The molecule has 2 nitrogen and oxygen atoms in total. The Balaban J connectivity index is 2.38. The van der Waals surface area contributed by atoms with Gasteiger partial charge in [0.15, 0.2) is 0 Å². The Morgan fingerprint density at radius 1 is 1.54 bits per heavy atom. The van der Waals surface area contributed by atoms with E-state index in [1.165, 1.54) is 0 Å². The van der Waals surface area contributed by atoms with Crippen molar-refractivity contribution < 1.29 is 9.53 Å². The Kier molecular flexibility index (Phi) is 3.26. The molecule has 0 atom stereocenters. The van der Waals surface area contributed by atoms with Gasteiger partial charge in [0.25, 0.3) is 0 Å². The zero-order chi connectivity index (χ0) is 9.90. The molecule has 0 heterocycles. The van der Waals surface area contributed by atoms with Crippen molar-refractivity contribution in [1.29, 1.82) is 0 Å². The largest absolute Gasteiger partial charge is 0.371 e. The number of hydrogen-bond donors (Lipinski definition) is 0. The van der Waals surface area contributed by atoms with Crippen LogP contribution in [0.2, 0.25) is 0 Å². The molecule has 0 unspecified atom stereocenters. The predicted molar refractivity (Wildman–Crippen MR) is 52.6 cm³/mol. The van der Waals surface area contributed by atoms with E-state index in [1.54, 1.807) is 0 Å². The van der Waals surface area contributed by atoms with Crippen molar-refractivity contribution in [2.24, 2.45) is 0 Å². The van der Waals surface area contributed by atoms with Gasteiger partial charge in [0.05, 0.1) is 12.2 Å². The van der Waals surface area contributed by atoms with Crippen LogP contribution in [0.4, 0.5) is 0 Å². The third kappa shape index (κ3) is 3.31. The van der Waals surface area contributed by atoms with E-state index in [-0.39, 0.29) is 5.60 Å². The first-order valence-corrected chi connectivity index (χ1v) is 4.82. The highest BCUT2D eigenvalue weighted by atomic mass is 16.5. The summed E-state index contributed by atoms with van der Waals surface area (Å²) in [6.07, 6.45) is 3.07. The van der Waals surface area contributed by atoms with Crippen molar-refractivity contribution in [2.75, 3.05) is 6.61 Å². The molecule has 1 aliphatic rings. The second kappa shape index (κ2) is 4.05. The fourth-order valence-corrected chi connectivity index (χ4v) is 1.50. The molecule has 13 heavy (non-hydrogen) atoms. The average molecular weight is 182 g/mol. The molecule has 2 heteroatoms. The highest BCUT2D eigenvalue weighted by Crippen LogP contribution is 2.29. The minimum absolute atomic E-state index is 0.0904. The minimum Gasteiger partial charge on any atom is -0.371 e. The lowest BCUT2D eigenvalue weighted by atomic mass is 9.85. The Labute approximate surface area is 80.0 Å². The summed E-state index contributed by atoms with van der Waals surface area (Å²) in [4.78, 5) is 11.0. The summed E-state index contributed by atoms with van der Waals surface area (Å²) in [5, 5.41) is 0.